The molecule has 0 atom stereocenters. The summed E-state index contributed by atoms with van der Waals surface area (Å²) in [4.78, 5) is 11.2. The van der Waals surface area contributed by atoms with Crippen molar-refractivity contribution in [1.82, 2.24) is 4.37 Å². The minimum absolute atomic E-state index is 0.215. The van der Waals surface area contributed by atoms with Gasteiger partial charge in [-0.25, -0.2) is 0 Å². The van der Waals surface area contributed by atoms with E-state index in [1.165, 1.54) is 24.4 Å². The molecule has 1 aromatic heterocycles. The predicted octanol–water partition coefficient (Wildman–Crippen LogP) is 2.06. The van der Waals surface area contributed by atoms with E-state index >= 15 is 0 Å². The zero-order valence-electron chi connectivity index (χ0n) is 10.3. The van der Waals surface area contributed by atoms with Crippen molar-refractivity contribution in [2.75, 3.05) is 17.6 Å². The lowest BCUT2D eigenvalue weighted by molar-refractivity contribution is 0.100. The van der Waals surface area contributed by atoms with Crippen LogP contribution in [0.15, 0.2) is 0 Å². The summed E-state index contributed by atoms with van der Waals surface area (Å²) in [7, 11) is 0. The summed E-state index contributed by atoms with van der Waals surface area (Å²) in [5, 5.41) is 3.84. The van der Waals surface area contributed by atoms with Gasteiger partial charge in [-0.3, -0.25) is 4.79 Å². The Morgan fingerprint density at radius 3 is 2.76 bits per heavy atom. The number of amides is 1. The van der Waals surface area contributed by atoms with Gasteiger partial charge in [-0.05, 0) is 23.9 Å². The molecule has 0 unspecified atom stereocenters. The van der Waals surface area contributed by atoms with E-state index in [1.807, 2.05) is 0 Å². The van der Waals surface area contributed by atoms with Crippen molar-refractivity contribution in [3.63, 3.8) is 0 Å². The van der Waals surface area contributed by atoms with Crippen LogP contribution in [0.3, 0.4) is 0 Å². The summed E-state index contributed by atoms with van der Waals surface area (Å²) < 4.78 is 3.92. The molecule has 0 aliphatic heterocycles. The van der Waals surface area contributed by atoms with Gasteiger partial charge in [0.1, 0.15) is 10.6 Å². The van der Waals surface area contributed by atoms with Gasteiger partial charge in [0.2, 0.25) is 0 Å². The SMILES string of the molecule is CC(C)CCCCNc1snc(N)c1C(N)=O. The Balaban J connectivity index is 2.39. The average Bonchev–Trinajstić information content (AvgIpc) is 2.59. The quantitative estimate of drug-likeness (QED) is 0.651. The second-order valence-electron chi connectivity index (χ2n) is 4.45. The number of rotatable bonds is 7. The maximum atomic E-state index is 11.2. The second-order valence-corrected chi connectivity index (χ2v) is 5.23. The number of nitrogen functional groups attached to an aromatic ring is 1. The van der Waals surface area contributed by atoms with Crippen LogP contribution in [0.5, 0.6) is 0 Å². The van der Waals surface area contributed by atoms with Gasteiger partial charge in [0.25, 0.3) is 5.91 Å². The highest BCUT2D eigenvalue weighted by atomic mass is 32.1. The molecule has 1 rings (SSSR count). The lowest BCUT2D eigenvalue weighted by atomic mass is 10.1. The molecule has 0 radical (unpaired) electrons. The van der Waals surface area contributed by atoms with E-state index in [2.05, 4.69) is 23.5 Å². The number of unbranched alkanes of at least 4 members (excludes halogenated alkanes) is 1. The number of nitrogens with zero attached hydrogens (tertiary/aromatic N) is 1. The third-order valence-electron chi connectivity index (χ3n) is 2.46. The zero-order chi connectivity index (χ0) is 12.8. The van der Waals surface area contributed by atoms with Gasteiger partial charge in [-0.15, -0.1) is 0 Å². The highest BCUT2D eigenvalue weighted by Crippen LogP contribution is 2.26. The van der Waals surface area contributed by atoms with Gasteiger partial charge in [0, 0.05) is 6.54 Å². The predicted molar refractivity (Wildman–Crippen MR) is 72.2 cm³/mol. The third kappa shape index (κ3) is 4.22. The molecule has 1 amide bonds. The van der Waals surface area contributed by atoms with E-state index < -0.39 is 5.91 Å². The van der Waals surface area contributed by atoms with Crippen LogP contribution >= 0.6 is 11.5 Å². The van der Waals surface area contributed by atoms with Crippen molar-refractivity contribution < 1.29 is 4.79 Å². The van der Waals surface area contributed by atoms with Crippen LogP contribution in [-0.4, -0.2) is 16.8 Å². The molecule has 0 aliphatic carbocycles. The lowest BCUT2D eigenvalue weighted by Gasteiger charge is -2.06. The van der Waals surface area contributed by atoms with Crippen molar-refractivity contribution in [2.45, 2.75) is 33.1 Å². The van der Waals surface area contributed by atoms with Crippen molar-refractivity contribution in [2.24, 2.45) is 11.7 Å². The molecule has 0 aromatic carbocycles. The molecule has 6 heteroatoms. The fourth-order valence-electron chi connectivity index (χ4n) is 1.54. The molecule has 0 fully saturated rings. The average molecular weight is 256 g/mol. The number of hydrogen-bond acceptors (Lipinski definition) is 5. The van der Waals surface area contributed by atoms with E-state index in [0.717, 1.165) is 18.9 Å². The molecule has 17 heavy (non-hydrogen) atoms. The maximum absolute atomic E-state index is 11.2. The highest BCUT2D eigenvalue weighted by molar-refractivity contribution is 7.11. The van der Waals surface area contributed by atoms with E-state index in [1.54, 1.807) is 0 Å². The highest BCUT2D eigenvalue weighted by Gasteiger charge is 2.15. The van der Waals surface area contributed by atoms with Crippen LogP contribution in [0, 0.1) is 5.92 Å². The van der Waals surface area contributed by atoms with Gasteiger partial charge in [-0.2, -0.15) is 4.37 Å². The molecule has 1 heterocycles. The number of carbonyl (C=O) groups is 1. The fourth-order valence-corrected chi connectivity index (χ4v) is 2.28. The van der Waals surface area contributed by atoms with Gasteiger partial charge in [0.15, 0.2) is 5.82 Å². The first-order chi connectivity index (χ1) is 8.02. The molecular weight excluding hydrogens is 236 g/mol. The smallest absolute Gasteiger partial charge is 0.255 e. The largest absolute Gasteiger partial charge is 0.382 e. The van der Waals surface area contributed by atoms with Crippen LogP contribution in [0.1, 0.15) is 43.5 Å². The Kier molecular flexibility index (Phi) is 5.21. The van der Waals surface area contributed by atoms with Crippen LogP contribution in [0.2, 0.25) is 0 Å². The molecule has 0 spiro atoms. The van der Waals surface area contributed by atoms with Crippen molar-refractivity contribution >= 4 is 28.3 Å². The van der Waals surface area contributed by atoms with E-state index in [4.69, 9.17) is 11.5 Å². The Hall–Kier alpha value is -1.30. The summed E-state index contributed by atoms with van der Waals surface area (Å²) >= 11 is 1.18. The number of carbonyl (C=O) groups excluding carboxylic acids is 1. The monoisotopic (exact) mass is 256 g/mol. The molecule has 1 aromatic rings. The first-order valence-corrected chi connectivity index (χ1v) is 6.58. The number of hydrogen-bond donors (Lipinski definition) is 3. The van der Waals surface area contributed by atoms with Crippen LogP contribution in [-0.2, 0) is 0 Å². The van der Waals surface area contributed by atoms with Crippen LogP contribution in [0.25, 0.3) is 0 Å². The van der Waals surface area contributed by atoms with Crippen molar-refractivity contribution in [3.05, 3.63) is 5.56 Å². The summed E-state index contributed by atoms with van der Waals surface area (Å²) in [5.74, 6) is 0.420. The maximum Gasteiger partial charge on any atom is 0.255 e. The summed E-state index contributed by atoms with van der Waals surface area (Å²) in [6.45, 7) is 5.24. The topological polar surface area (TPSA) is 94.0 Å². The fraction of sp³-hybridized carbons (Fsp3) is 0.636. The van der Waals surface area contributed by atoms with Gasteiger partial charge in [-0.1, -0.05) is 26.7 Å². The number of nitrogens with one attached hydrogen (secondary N) is 1. The van der Waals surface area contributed by atoms with E-state index in [0.29, 0.717) is 10.6 Å². The number of nitrogens with two attached hydrogens (primary N) is 2. The summed E-state index contributed by atoms with van der Waals surface area (Å²) in [6, 6.07) is 0. The summed E-state index contributed by atoms with van der Waals surface area (Å²) in [6.07, 6.45) is 3.45. The lowest BCUT2D eigenvalue weighted by Crippen LogP contribution is -2.15. The Morgan fingerprint density at radius 1 is 1.47 bits per heavy atom. The number of aromatic nitrogens is 1. The molecule has 0 bridgehead atoms. The third-order valence-corrected chi connectivity index (χ3v) is 3.28. The molecule has 0 saturated carbocycles. The van der Waals surface area contributed by atoms with Crippen LogP contribution in [0.4, 0.5) is 10.8 Å². The van der Waals surface area contributed by atoms with E-state index in [9.17, 15) is 4.79 Å². The number of anilines is 2. The van der Waals surface area contributed by atoms with E-state index in [-0.39, 0.29) is 5.82 Å². The normalized spacial score (nSPS) is 10.8. The molecular formula is C11H20N4OS. The van der Waals surface area contributed by atoms with Gasteiger partial charge >= 0.3 is 0 Å². The Morgan fingerprint density at radius 2 is 2.18 bits per heavy atom. The van der Waals surface area contributed by atoms with Crippen LogP contribution < -0.4 is 16.8 Å². The molecule has 96 valence electrons. The summed E-state index contributed by atoms with van der Waals surface area (Å²) in [5.41, 5.74) is 11.1. The van der Waals surface area contributed by atoms with Gasteiger partial charge in [0.05, 0.1) is 0 Å². The first-order valence-electron chi connectivity index (χ1n) is 5.81. The molecule has 5 N–H and O–H groups in total. The molecule has 5 nitrogen and oxygen atoms in total. The molecule has 0 saturated heterocycles. The minimum atomic E-state index is -0.527. The zero-order valence-corrected chi connectivity index (χ0v) is 11.1. The standard InChI is InChI=1S/C11H20N4OS/c1-7(2)5-3-4-6-14-11-8(10(13)16)9(12)15-17-11/h7,14H,3-6H2,1-2H3,(H2,12,15)(H2,13,16). The second kappa shape index (κ2) is 6.44. The minimum Gasteiger partial charge on any atom is -0.382 e. The van der Waals surface area contributed by atoms with Crippen molar-refractivity contribution in [3.8, 4) is 0 Å². The van der Waals surface area contributed by atoms with Crippen molar-refractivity contribution in [1.29, 1.82) is 0 Å². The number of primary amides is 1. The van der Waals surface area contributed by atoms with Gasteiger partial charge < -0.3 is 16.8 Å². The molecule has 0 aliphatic rings. The Labute approximate surface area is 106 Å². The Bertz CT molecular complexity index is 376. The first kappa shape index (κ1) is 13.8.